The van der Waals surface area contributed by atoms with Crippen molar-refractivity contribution >= 4 is 0 Å². The molecule has 3 rings (SSSR count). The third-order valence-corrected chi connectivity index (χ3v) is 4.59. The molecule has 1 saturated carbocycles. The topological polar surface area (TPSA) is 30.9 Å². The number of fused-ring (bicyclic) bond motifs is 1. The number of hydrogen-bond acceptors (Lipinski definition) is 4. The van der Waals surface area contributed by atoms with Crippen molar-refractivity contribution in [2.75, 3.05) is 33.4 Å². The summed E-state index contributed by atoms with van der Waals surface area (Å²) < 4.78 is 17.2. The first-order valence-electron chi connectivity index (χ1n) is 7.88. The van der Waals surface area contributed by atoms with Gasteiger partial charge in [0.25, 0.3) is 0 Å². The fourth-order valence-corrected chi connectivity index (χ4v) is 3.47. The van der Waals surface area contributed by atoms with Gasteiger partial charge < -0.3 is 14.2 Å². The van der Waals surface area contributed by atoms with Crippen molar-refractivity contribution in [3.63, 3.8) is 0 Å². The van der Waals surface area contributed by atoms with E-state index < -0.39 is 0 Å². The lowest BCUT2D eigenvalue weighted by Crippen LogP contribution is -2.52. The van der Waals surface area contributed by atoms with Crippen LogP contribution < -0.4 is 0 Å². The summed E-state index contributed by atoms with van der Waals surface area (Å²) >= 11 is 0. The highest BCUT2D eigenvalue weighted by Gasteiger charge is 2.42. The quantitative estimate of drug-likeness (QED) is 0.751. The Labute approximate surface area is 127 Å². The molecule has 0 bridgehead atoms. The first kappa shape index (κ1) is 15.0. The zero-order valence-electron chi connectivity index (χ0n) is 12.7. The maximum atomic E-state index is 5.90. The summed E-state index contributed by atoms with van der Waals surface area (Å²) in [6.07, 6.45) is 2.79. The van der Waals surface area contributed by atoms with Gasteiger partial charge in [-0.05, 0) is 18.4 Å². The minimum atomic E-state index is 0.248. The van der Waals surface area contributed by atoms with E-state index >= 15 is 0 Å². The molecule has 0 spiro atoms. The Hall–Kier alpha value is -0.940. The van der Waals surface area contributed by atoms with Crippen LogP contribution in [-0.2, 0) is 20.8 Å². The number of nitrogens with zero attached hydrogens (tertiary/aromatic N) is 1. The SMILES string of the molecule is CO[C@@H]1CC[C@@H]2[C@@H]1OCCN2CCOCc1ccccc1. The number of morpholine rings is 1. The van der Waals surface area contributed by atoms with Gasteiger partial charge in [-0.15, -0.1) is 0 Å². The Kier molecular flexibility index (Phi) is 5.25. The summed E-state index contributed by atoms with van der Waals surface area (Å²) in [6, 6.07) is 10.8. The average Bonchev–Trinajstić information content (AvgIpc) is 2.96. The van der Waals surface area contributed by atoms with E-state index in [4.69, 9.17) is 14.2 Å². The minimum Gasteiger partial charge on any atom is -0.379 e. The predicted octanol–water partition coefficient (Wildman–Crippen LogP) is 2.08. The van der Waals surface area contributed by atoms with Crippen LogP contribution in [0.15, 0.2) is 30.3 Å². The largest absolute Gasteiger partial charge is 0.379 e. The zero-order valence-corrected chi connectivity index (χ0v) is 12.7. The van der Waals surface area contributed by atoms with E-state index in [2.05, 4.69) is 29.2 Å². The van der Waals surface area contributed by atoms with Gasteiger partial charge in [0, 0.05) is 26.2 Å². The molecule has 21 heavy (non-hydrogen) atoms. The van der Waals surface area contributed by atoms with Crippen molar-refractivity contribution in [1.29, 1.82) is 0 Å². The smallest absolute Gasteiger partial charge is 0.0991 e. The standard InChI is InChI=1S/C17H25NO3/c1-19-16-8-7-15-17(16)21-12-10-18(15)9-11-20-13-14-5-3-2-4-6-14/h2-6,15-17H,7-13H2,1H3/t15-,16-,17+/m1/s1. The summed E-state index contributed by atoms with van der Waals surface area (Å²) in [5, 5.41) is 0. The van der Waals surface area contributed by atoms with E-state index in [1.54, 1.807) is 7.11 Å². The van der Waals surface area contributed by atoms with Gasteiger partial charge >= 0.3 is 0 Å². The molecule has 0 aromatic heterocycles. The molecule has 2 fully saturated rings. The van der Waals surface area contributed by atoms with Gasteiger partial charge in [-0.3, -0.25) is 4.90 Å². The maximum Gasteiger partial charge on any atom is 0.0991 e. The molecular formula is C17H25NO3. The van der Waals surface area contributed by atoms with E-state index in [9.17, 15) is 0 Å². The summed E-state index contributed by atoms with van der Waals surface area (Å²) in [6.45, 7) is 4.26. The Morgan fingerprint density at radius 2 is 2.10 bits per heavy atom. The molecule has 116 valence electrons. The molecule has 1 saturated heterocycles. The molecule has 0 N–H and O–H groups in total. The van der Waals surface area contributed by atoms with Gasteiger partial charge in [0.15, 0.2) is 0 Å². The van der Waals surface area contributed by atoms with Crippen LogP contribution in [0.4, 0.5) is 0 Å². The van der Waals surface area contributed by atoms with E-state index in [1.807, 2.05) is 6.07 Å². The highest BCUT2D eigenvalue weighted by molar-refractivity contribution is 5.13. The fraction of sp³-hybridized carbons (Fsp3) is 0.647. The maximum absolute atomic E-state index is 5.90. The first-order valence-corrected chi connectivity index (χ1v) is 7.88. The molecule has 1 heterocycles. The predicted molar refractivity (Wildman–Crippen MR) is 81.2 cm³/mol. The van der Waals surface area contributed by atoms with Crippen LogP contribution in [0, 0.1) is 0 Å². The molecule has 1 aliphatic carbocycles. The van der Waals surface area contributed by atoms with Gasteiger partial charge in [-0.2, -0.15) is 0 Å². The molecule has 1 aliphatic heterocycles. The summed E-state index contributed by atoms with van der Waals surface area (Å²) in [4.78, 5) is 2.51. The van der Waals surface area contributed by atoms with Crippen molar-refractivity contribution in [2.24, 2.45) is 0 Å². The van der Waals surface area contributed by atoms with Gasteiger partial charge in [-0.1, -0.05) is 30.3 Å². The fourth-order valence-electron chi connectivity index (χ4n) is 3.47. The molecule has 1 aromatic rings. The van der Waals surface area contributed by atoms with Crippen molar-refractivity contribution in [3.05, 3.63) is 35.9 Å². The molecule has 4 nitrogen and oxygen atoms in total. The van der Waals surface area contributed by atoms with Crippen LogP contribution in [0.1, 0.15) is 18.4 Å². The van der Waals surface area contributed by atoms with Gasteiger partial charge in [-0.25, -0.2) is 0 Å². The number of benzene rings is 1. The van der Waals surface area contributed by atoms with Crippen LogP contribution in [0.3, 0.4) is 0 Å². The Bertz CT molecular complexity index is 425. The summed E-state index contributed by atoms with van der Waals surface area (Å²) in [5.74, 6) is 0. The van der Waals surface area contributed by atoms with E-state index in [0.29, 0.717) is 12.6 Å². The Morgan fingerprint density at radius 1 is 1.24 bits per heavy atom. The monoisotopic (exact) mass is 291 g/mol. The molecule has 4 heteroatoms. The highest BCUT2D eigenvalue weighted by atomic mass is 16.5. The van der Waals surface area contributed by atoms with Crippen LogP contribution in [0.2, 0.25) is 0 Å². The van der Waals surface area contributed by atoms with Crippen LogP contribution in [-0.4, -0.2) is 56.6 Å². The number of methoxy groups -OCH3 is 1. The van der Waals surface area contributed by atoms with Crippen LogP contribution >= 0.6 is 0 Å². The molecule has 2 aliphatic rings. The van der Waals surface area contributed by atoms with Gasteiger partial charge in [0.1, 0.15) is 0 Å². The number of rotatable bonds is 6. The highest BCUT2D eigenvalue weighted by Crippen LogP contribution is 2.31. The molecular weight excluding hydrogens is 266 g/mol. The third-order valence-electron chi connectivity index (χ3n) is 4.59. The van der Waals surface area contributed by atoms with Crippen molar-refractivity contribution in [2.45, 2.75) is 37.7 Å². The molecule has 1 aromatic carbocycles. The van der Waals surface area contributed by atoms with Crippen LogP contribution in [0.5, 0.6) is 0 Å². The second-order valence-corrected chi connectivity index (χ2v) is 5.83. The second-order valence-electron chi connectivity index (χ2n) is 5.83. The Morgan fingerprint density at radius 3 is 2.90 bits per heavy atom. The van der Waals surface area contributed by atoms with Crippen molar-refractivity contribution < 1.29 is 14.2 Å². The van der Waals surface area contributed by atoms with E-state index in [-0.39, 0.29) is 12.2 Å². The number of ether oxygens (including phenoxy) is 3. The van der Waals surface area contributed by atoms with E-state index in [1.165, 1.54) is 12.0 Å². The lowest BCUT2D eigenvalue weighted by Gasteiger charge is -2.38. The molecule has 3 atom stereocenters. The van der Waals surface area contributed by atoms with Crippen molar-refractivity contribution in [3.8, 4) is 0 Å². The van der Waals surface area contributed by atoms with E-state index in [0.717, 1.165) is 32.7 Å². The average molecular weight is 291 g/mol. The normalized spacial score (nSPS) is 29.5. The third kappa shape index (κ3) is 3.64. The zero-order chi connectivity index (χ0) is 14.5. The second kappa shape index (κ2) is 7.36. The molecule has 0 radical (unpaired) electrons. The molecule has 0 amide bonds. The minimum absolute atomic E-state index is 0.248. The van der Waals surface area contributed by atoms with Crippen LogP contribution in [0.25, 0.3) is 0 Å². The van der Waals surface area contributed by atoms with Crippen molar-refractivity contribution in [1.82, 2.24) is 4.90 Å². The molecule has 0 unspecified atom stereocenters. The summed E-state index contributed by atoms with van der Waals surface area (Å²) in [5.41, 5.74) is 1.23. The van der Waals surface area contributed by atoms with Gasteiger partial charge in [0.2, 0.25) is 0 Å². The summed E-state index contributed by atoms with van der Waals surface area (Å²) in [7, 11) is 1.79. The Balaban J connectivity index is 1.43. The first-order chi connectivity index (χ1) is 10.4. The lowest BCUT2D eigenvalue weighted by molar-refractivity contribution is -0.108. The number of hydrogen-bond donors (Lipinski definition) is 0. The van der Waals surface area contributed by atoms with Gasteiger partial charge in [0.05, 0.1) is 32.0 Å². The lowest BCUT2D eigenvalue weighted by atomic mass is 10.1.